The van der Waals surface area contributed by atoms with Gasteiger partial charge in [0.05, 0.1) is 28.9 Å². The molecule has 3 atom stereocenters. The van der Waals surface area contributed by atoms with Gasteiger partial charge in [0.25, 0.3) is 5.91 Å². The summed E-state index contributed by atoms with van der Waals surface area (Å²) in [6.07, 6.45) is 8.56. The van der Waals surface area contributed by atoms with E-state index >= 15 is 0 Å². The van der Waals surface area contributed by atoms with Crippen LogP contribution in [0.15, 0.2) is 52.9 Å². The van der Waals surface area contributed by atoms with Crippen LogP contribution in [0.2, 0.25) is 0 Å². The number of hydrazone groups is 1. The Hall–Kier alpha value is -3.03. The number of allylic oxidation sites excluding steroid dienone is 2. The molecule has 1 aliphatic carbocycles. The Morgan fingerprint density at radius 3 is 3.03 bits per heavy atom. The molecule has 1 unspecified atom stereocenters. The Kier molecular flexibility index (Phi) is 5.08. The Labute approximate surface area is 179 Å². The molecule has 0 aromatic carbocycles. The minimum absolute atomic E-state index is 0.0168. The fraction of sp³-hybridized carbons (Fsp3) is 0.435. The Bertz CT molecular complexity index is 1120. The highest BCUT2D eigenvalue weighted by Crippen LogP contribution is 2.33. The quantitative estimate of drug-likeness (QED) is 0.810. The van der Waals surface area contributed by atoms with Gasteiger partial charge >= 0.3 is 0 Å². The molecule has 2 aromatic rings. The van der Waals surface area contributed by atoms with Crippen LogP contribution in [0.1, 0.15) is 37.8 Å². The fourth-order valence-corrected chi connectivity index (χ4v) is 4.85. The topological polar surface area (TPSA) is 62.5 Å². The molecule has 1 saturated heterocycles. The molecule has 1 fully saturated rings. The number of amides is 1. The van der Waals surface area contributed by atoms with Crippen LogP contribution in [0.4, 0.5) is 8.78 Å². The molecule has 3 aliphatic rings. The second-order valence-corrected chi connectivity index (χ2v) is 8.67. The summed E-state index contributed by atoms with van der Waals surface area (Å²) in [6, 6.07) is 4.16. The number of pyridine rings is 1. The van der Waals surface area contributed by atoms with Crippen LogP contribution in [0.25, 0.3) is 10.9 Å². The van der Waals surface area contributed by atoms with E-state index in [1.165, 1.54) is 6.08 Å². The third kappa shape index (κ3) is 3.64. The molecule has 2 aliphatic heterocycles. The molecule has 1 amide bonds. The lowest BCUT2D eigenvalue weighted by Crippen LogP contribution is -2.35. The molecule has 4 heterocycles. The highest BCUT2D eigenvalue weighted by Gasteiger charge is 2.36. The predicted octanol–water partition coefficient (Wildman–Crippen LogP) is 3.82. The summed E-state index contributed by atoms with van der Waals surface area (Å²) in [5.41, 5.74) is 4.88. The zero-order valence-electron chi connectivity index (χ0n) is 17.4. The average Bonchev–Trinajstić information content (AvgIpc) is 3.50. The number of hydrogen-bond acceptors (Lipinski definition) is 4. The van der Waals surface area contributed by atoms with Gasteiger partial charge in [-0.15, -0.1) is 0 Å². The summed E-state index contributed by atoms with van der Waals surface area (Å²) >= 11 is 0. The van der Waals surface area contributed by atoms with Crippen LogP contribution in [0.5, 0.6) is 0 Å². The maximum atomic E-state index is 14.2. The Morgan fingerprint density at radius 2 is 2.23 bits per heavy atom. The molecule has 0 spiro atoms. The molecule has 31 heavy (non-hydrogen) atoms. The minimum Gasteiger partial charge on any atom is -0.346 e. The largest absolute Gasteiger partial charge is 0.346 e. The van der Waals surface area contributed by atoms with E-state index in [9.17, 15) is 13.6 Å². The van der Waals surface area contributed by atoms with E-state index in [1.54, 1.807) is 4.90 Å². The zero-order chi connectivity index (χ0) is 21.5. The lowest BCUT2D eigenvalue weighted by molar-refractivity contribution is -0.127. The first kappa shape index (κ1) is 19.9. The molecular formula is C23H25F2N5O. The van der Waals surface area contributed by atoms with E-state index in [2.05, 4.69) is 32.2 Å². The van der Waals surface area contributed by atoms with Crippen molar-refractivity contribution < 1.29 is 13.6 Å². The van der Waals surface area contributed by atoms with Crippen molar-refractivity contribution in [2.75, 3.05) is 13.1 Å². The highest BCUT2D eigenvalue weighted by molar-refractivity contribution is 5.98. The number of carbonyl (C=O) groups excluding carboxylic acids is 1. The average molecular weight is 425 g/mol. The summed E-state index contributed by atoms with van der Waals surface area (Å²) < 4.78 is 30.0. The van der Waals surface area contributed by atoms with E-state index in [-0.39, 0.29) is 29.9 Å². The number of likely N-dealkylation sites (tertiary alicyclic amines) is 1. The lowest BCUT2D eigenvalue weighted by atomic mass is 10.0. The first-order valence-corrected chi connectivity index (χ1v) is 10.8. The highest BCUT2D eigenvalue weighted by atomic mass is 19.2. The third-order valence-electron chi connectivity index (χ3n) is 6.51. The summed E-state index contributed by atoms with van der Waals surface area (Å²) in [5.74, 6) is -1.79. The number of carbonyl (C=O) groups is 1. The predicted molar refractivity (Wildman–Crippen MR) is 115 cm³/mol. The molecule has 162 valence electrons. The number of nitrogens with one attached hydrogen (secondary N) is 1. The van der Waals surface area contributed by atoms with Gasteiger partial charge in [0, 0.05) is 49.9 Å². The van der Waals surface area contributed by atoms with E-state index in [1.807, 2.05) is 25.5 Å². The molecule has 1 N–H and O–H groups in total. The van der Waals surface area contributed by atoms with Gasteiger partial charge in [-0.05, 0) is 37.8 Å². The molecule has 0 radical (unpaired) electrons. The fourth-order valence-electron chi connectivity index (χ4n) is 4.85. The number of hydrogen-bond donors (Lipinski definition) is 1. The van der Waals surface area contributed by atoms with Crippen LogP contribution in [0.3, 0.4) is 0 Å². The van der Waals surface area contributed by atoms with Crippen LogP contribution < -0.4 is 5.43 Å². The number of halogens is 2. The van der Waals surface area contributed by atoms with Gasteiger partial charge in [0.2, 0.25) is 0 Å². The summed E-state index contributed by atoms with van der Waals surface area (Å²) in [7, 11) is 0. The maximum absolute atomic E-state index is 14.2. The molecule has 6 nitrogen and oxygen atoms in total. The van der Waals surface area contributed by atoms with Gasteiger partial charge in [-0.25, -0.2) is 8.78 Å². The van der Waals surface area contributed by atoms with E-state index in [0.29, 0.717) is 13.0 Å². The second kappa shape index (κ2) is 7.90. The summed E-state index contributed by atoms with van der Waals surface area (Å²) in [5, 5.41) is 5.19. The smallest absolute Gasteiger partial charge is 0.256 e. The first-order chi connectivity index (χ1) is 15.0. The van der Waals surface area contributed by atoms with Crippen molar-refractivity contribution in [1.82, 2.24) is 19.9 Å². The third-order valence-corrected chi connectivity index (χ3v) is 6.51. The monoisotopic (exact) mass is 425 g/mol. The van der Waals surface area contributed by atoms with Crippen LogP contribution in [0, 0.1) is 5.92 Å². The Morgan fingerprint density at radius 1 is 1.35 bits per heavy atom. The van der Waals surface area contributed by atoms with Crippen molar-refractivity contribution in [3.8, 4) is 0 Å². The van der Waals surface area contributed by atoms with Crippen molar-refractivity contribution in [3.63, 3.8) is 0 Å². The van der Waals surface area contributed by atoms with E-state index < -0.39 is 17.6 Å². The summed E-state index contributed by atoms with van der Waals surface area (Å²) in [4.78, 5) is 19.2. The van der Waals surface area contributed by atoms with Crippen molar-refractivity contribution in [2.45, 2.75) is 44.7 Å². The minimum atomic E-state index is -0.993. The van der Waals surface area contributed by atoms with E-state index in [0.717, 1.165) is 36.1 Å². The van der Waals surface area contributed by atoms with Gasteiger partial charge in [0.1, 0.15) is 5.83 Å². The molecule has 2 aromatic heterocycles. The lowest BCUT2D eigenvalue weighted by Gasteiger charge is -2.23. The van der Waals surface area contributed by atoms with Crippen molar-refractivity contribution in [3.05, 3.63) is 53.5 Å². The van der Waals surface area contributed by atoms with Crippen molar-refractivity contribution >= 4 is 23.0 Å². The number of rotatable bonds is 4. The Balaban J connectivity index is 1.30. The standard InChI is InChI=1S/C23H25F2N5O/c1-14-7-15(13-30(14)23(31)18-3-2-4-19(24)22(18)25)12-29-6-5-16-8-20(26-11-21(16)29)17-9-27-28-10-17/h3,5-6,8-9,11,14-15,17,28H,2,4,7,10,12-13H2,1H3/t14-,15+,17?/m1/s1. The van der Waals surface area contributed by atoms with Gasteiger partial charge in [-0.3, -0.25) is 9.78 Å². The molecule has 0 saturated carbocycles. The van der Waals surface area contributed by atoms with Gasteiger partial charge in [-0.1, -0.05) is 6.08 Å². The molecule has 8 heteroatoms. The van der Waals surface area contributed by atoms with Crippen LogP contribution >= 0.6 is 0 Å². The van der Waals surface area contributed by atoms with Crippen LogP contribution in [-0.2, 0) is 11.3 Å². The first-order valence-electron chi connectivity index (χ1n) is 10.8. The van der Waals surface area contributed by atoms with Gasteiger partial charge in [0.15, 0.2) is 5.83 Å². The van der Waals surface area contributed by atoms with Crippen molar-refractivity contribution in [1.29, 1.82) is 0 Å². The SMILES string of the molecule is C[C@@H]1C[C@@H](Cn2ccc3cc(C4C=NNC4)ncc32)CN1C(=O)C1=CCCC(F)=C1F. The normalized spacial score (nSPS) is 26.0. The maximum Gasteiger partial charge on any atom is 0.256 e. The number of aromatic nitrogens is 2. The second-order valence-electron chi connectivity index (χ2n) is 8.67. The number of nitrogens with zero attached hydrogens (tertiary/aromatic N) is 4. The zero-order valence-corrected chi connectivity index (χ0v) is 17.4. The molecular weight excluding hydrogens is 400 g/mol. The van der Waals surface area contributed by atoms with Gasteiger partial charge < -0.3 is 14.9 Å². The van der Waals surface area contributed by atoms with E-state index in [4.69, 9.17) is 0 Å². The molecule has 5 rings (SSSR count). The summed E-state index contributed by atoms with van der Waals surface area (Å²) in [6.45, 7) is 4.01. The number of fused-ring (bicyclic) bond motifs is 1. The van der Waals surface area contributed by atoms with Gasteiger partial charge in [-0.2, -0.15) is 5.10 Å². The van der Waals surface area contributed by atoms with Crippen LogP contribution in [-0.4, -0.2) is 45.7 Å². The molecule has 0 bridgehead atoms. The van der Waals surface area contributed by atoms with Crippen molar-refractivity contribution in [2.24, 2.45) is 11.0 Å².